The Morgan fingerprint density at radius 1 is 0.927 bits per heavy atom. The zero-order chi connectivity index (χ0) is 28.5. The van der Waals surface area contributed by atoms with Crippen LogP contribution in [0.25, 0.3) is 0 Å². The van der Waals surface area contributed by atoms with Gasteiger partial charge in [0.25, 0.3) is 0 Å². The zero-order valence-corrected chi connectivity index (χ0v) is 24.8. The van der Waals surface area contributed by atoms with Crippen molar-refractivity contribution in [2.45, 2.75) is 56.0 Å². The first-order chi connectivity index (χ1) is 20.0. The van der Waals surface area contributed by atoms with Crippen molar-refractivity contribution in [2.24, 2.45) is 5.92 Å². The normalized spacial score (nSPS) is 18.2. The fourth-order valence-corrected chi connectivity index (χ4v) is 6.86. The van der Waals surface area contributed by atoms with E-state index < -0.39 is 5.60 Å². The van der Waals surface area contributed by atoms with Crippen LogP contribution in [-0.2, 0) is 15.8 Å². The SMILES string of the molecule is O=C(CC1CCNCC1)NCC(CCCN1CCC(O)(c2ccc(Cl)cc2)CC1)(c1ccccc1)c1ccccc1. The lowest BCUT2D eigenvalue weighted by atomic mass is 9.71. The predicted molar refractivity (Wildman–Crippen MR) is 167 cm³/mol. The number of amides is 1. The Kier molecular flexibility index (Phi) is 10.2. The van der Waals surface area contributed by atoms with Crippen LogP contribution in [0.4, 0.5) is 0 Å². The molecular formula is C35H44ClN3O2. The molecule has 3 N–H and O–H groups in total. The number of nitrogens with zero attached hydrogens (tertiary/aromatic N) is 1. The molecule has 0 saturated carbocycles. The highest BCUT2D eigenvalue weighted by atomic mass is 35.5. The number of hydrogen-bond acceptors (Lipinski definition) is 4. The summed E-state index contributed by atoms with van der Waals surface area (Å²) in [6, 6.07) is 29.0. The zero-order valence-electron chi connectivity index (χ0n) is 24.0. The molecule has 1 amide bonds. The number of carbonyl (C=O) groups is 1. The van der Waals surface area contributed by atoms with E-state index >= 15 is 0 Å². The highest BCUT2D eigenvalue weighted by Crippen LogP contribution is 2.38. The second-order valence-electron chi connectivity index (χ2n) is 12.0. The summed E-state index contributed by atoms with van der Waals surface area (Å²) in [6.07, 6.45) is 6.08. The van der Waals surface area contributed by atoms with Crippen molar-refractivity contribution in [3.05, 3.63) is 107 Å². The summed E-state index contributed by atoms with van der Waals surface area (Å²) in [4.78, 5) is 15.6. The van der Waals surface area contributed by atoms with Gasteiger partial charge in [-0.3, -0.25) is 4.79 Å². The van der Waals surface area contributed by atoms with E-state index in [1.807, 2.05) is 24.3 Å². The number of carbonyl (C=O) groups excluding carboxylic acids is 1. The van der Waals surface area contributed by atoms with E-state index in [2.05, 4.69) is 76.2 Å². The van der Waals surface area contributed by atoms with E-state index in [1.54, 1.807) is 0 Å². The largest absolute Gasteiger partial charge is 0.385 e. The number of halogens is 1. The lowest BCUT2D eigenvalue weighted by Crippen LogP contribution is -2.45. The smallest absolute Gasteiger partial charge is 0.220 e. The topological polar surface area (TPSA) is 64.6 Å². The van der Waals surface area contributed by atoms with Gasteiger partial charge in [-0.1, -0.05) is 84.4 Å². The Bertz CT molecular complexity index is 1180. The van der Waals surface area contributed by atoms with Crippen molar-refractivity contribution in [1.29, 1.82) is 0 Å². The average molecular weight is 574 g/mol. The van der Waals surface area contributed by atoms with Gasteiger partial charge in [-0.25, -0.2) is 0 Å². The lowest BCUT2D eigenvalue weighted by molar-refractivity contribution is -0.122. The highest BCUT2D eigenvalue weighted by molar-refractivity contribution is 6.30. The van der Waals surface area contributed by atoms with Crippen molar-refractivity contribution < 1.29 is 9.90 Å². The summed E-state index contributed by atoms with van der Waals surface area (Å²) in [5.74, 6) is 0.621. The van der Waals surface area contributed by atoms with Gasteiger partial charge in [0, 0.05) is 36.5 Å². The molecule has 41 heavy (non-hydrogen) atoms. The first-order valence-corrected chi connectivity index (χ1v) is 15.6. The van der Waals surface area contributed by atoms with Crippen molar-refractivity contribution in [3.8, 4) is 0 Å². The Balaban J connectivity index is 1.27. The summed E-state index contributed by atoms with van der Waals surface area (Å²) < 4.78 is 0. The van der Waals surface area contributed by atoms with Crippen LogP contribution in [-0.4, -0.2) is 55.2 Å². The van der Waals surface area contributed by atoms with Crippen LogP contribution in [0.15, 0.2) is 84.9 Å². The molecule has 5 nitrogen and oxygen atoms in total. The second-order valence-corrected chi connectivity index (χ2v) is 12.4. The number of rotatable bonds is 11. The molecule has 2 fully saturated rings. The van der Waals surface area contributed by atoms with E-state index in [1.165, 1.54) is 11.1 Å². The van der Waals surface area contributed by atoms with Crippen molar-refractivity contribution >= 4 is 17.5 Å². The summed E-state index contributed by atoms with van der Waals surface area (Å²) >= 11 is 6.07. The van der Waals surface area contributed by atoms with Crippen LogP contribution in [0, 0.1) is 5.92 Å². The molecule has 0 radical (unpaired) electrons. The van der Waals surface area contributed by atoms with Crippen LogP contribution < -0.4 is 10.6 Å². The van der Waals surface area contributed by atoms with Crippen LogP contribution in [0.5, 0.6) is 0 Å². The molecule has 0 unspecified atom stereocenters. The van der Waals surface area contributed by atoms with E-state index in [0.29, 0.717) is 36.7 Å². The number of nitrogens with one attached hydrogen (secondary N) is 2. The molecule has 2 aliphatic rings. The Morgan fingerprint density at radius 3 is 2.10 bits per heavy atom. The molecule has 218 valence electrons. The first kappa shape index (κ1) is 29.8. The van der Waals surface area contributed by atoms with Crippen molar-refractivity contribution in [2.75, 3.05) is 39.3 Å². The van der Waals surface area contributed by atoms with Gasteiger partial charge < -0.3 is 20.6 Å². The van der Waals surface area contributed by atoms with Crippen LogP contribution in [0.2, 0.25) is 5.02 Å². The molecule has 0 spiro atoms. The van der Waals surface area contributed by atoms with E-state index in [0.717, 1.165) is 64.0 Å². The molecule has 0 aliphatic carbocycles. The summed E-state index contributed by atoms with van der Waals surface area (Å²) in [6.45, 7) is 5.26. The molecule has 6 heteroatoms. The highest BCUT2D eigenvalue weighted by Gasteiger charge is 2.36. The number of likely N-dealkylation sites (tertiary alicyclic amines) is 1. The standard InChI is InChI=1S/C35H44ClN3O2/c36-32-14-12-31(13-15-32)35(41)19-24-39(25-20-35)23-7-18-34(29-8-3-1-4-9-29,30-10-5-2-6-11-30)27-38-33(40)26-28-16-21-37-22-17-28/h1-6,8-15,28,37,41H,7,16-27H2,(H,38,40). The number of piperidine rings is 2. The van der Waals surface area contributed by atoms with Gasteiger partial charge >= 0.3 is 0 Å². The number of benzene rings is 3. The van der Waals surface area contributed by atoms with E-state index in [-0.39, 0.29) is 11.3 Å². The minimum absolute atomic E-state index is 0.158. The molecule has 3 aromatic carbocycles. The third-order valence-electron chi connectivity index (χ3n) is 9.32. The monoisotopic (exact) mass is 573 g/mol. The van der Waals surface area contributed by atoms with Crippen molar-refractivity contribution in [1.82, 2.24) is 15.5 Å². The third kappa shape index (κ3) is 7.58. The second kappa shape index (κ2) is 14.0. The molecule has 0 bridgehead atoms. The maximum absolute atomic E-state index is 13.2. The van der Waals surface area contributed by atoms with Gasteiger partial charge in [-0.05, 0) is 92.9 Å². The van der Waals surface area contributed by atoms with Gasteiger partial charge in [0.2, 0.25) is 5.91 Å². The maximum atomic E-state index is 13.2. The Morgan fingerprint density at radius 2 is 1.51 bits per heavy atom. The molecule has 2 saturated heterocycles. The first-order valence-electron chi connectivity index (χ1n) is 15.3. The summed E-state index contributed by atoms with van der Waals surface area (Å²) in [5.41, 5.74) is 2.33. The van der Waals surface area contributed by atoms with E-state index in [9.17, 15) is 9.90 Å². The van der Waals surface area contributed by atoms with Gasteiger partial charge in [0.15, 0.2) is 0 Å². The van der Waals surface area contributed by atoms with Crippen LogP contribution >= 0.6 is 11.6 Å². The predicted octanol–water partition coefficient (Wildman–Crippen LogP) is 5.90. The fourth-order valence-electron chi connectivity index (χ4n) is 6.73. The van der Waals surface area contributed by atoms with Gasteiger partial charge in [-0.15, -0.1) is 0 Å². The van der Waals surface area contributed by atoms with Crippen LogP contribution in [0.1, 0.15) is 61.6 Å². The quantitative estimate of drug-likeness (QED) is 0.267. The number of aliphatic hydroxyl groups is 1. The van der Waals surface area contributed by atoms with Crippen molar-refractivity contribution in [3.63, 3.8) is 0 Å². The molecule has 5 rings (SSSR count). The van der Waals surface area contributed by atoms with Gasteiger partial charge in [0.05, 0.1) is 5.60 Å². The number of hydrogen-bond donors (Lipinski definition) is 3. The average Bonchev–Trinajstić information content (AvgIpc) is 3.01. The summed E-state index contributed by atoms with van der Waals surface area (Å²) in [5, 5.41) is 18.8. The molecule has 3 aromatic rings. The molecule has 2 aliphatic heterocycles. The minimum Gasteiger partial charge on any atom is -0.385 e. The molecule has 0 atom stereocenters. The molecule has 0 aromatic heterocycles. The van der Waals surface area contributed by atoms with Gasteiger partial charge in [0.1, 0.15) is 0 Å². The lowest BCUT2D eigenvalue weighted by Gasteiger charge is -2.40. The van der Waals surface area contributed by atoms with E-state index in [4.69, 9.17) is 11.6 Å². The Labute approximate surface area is 250 Å². The van der Waals surface area contributed by atoms with Crippen LogP contribution in [0.3, 0.4) is 0 Å². The molecule has 2 heterocycles. The third-order valence-corrected chi connectivity index (χ3v) is 9.57. The summed E-state index contributed by atoms with van der Waals surface area (Å²) in [7, 11) is 0. The minimum atomic E-state index is -0.794. The fraction of sp³-hybridized carbons (Fsp3) is 0.457. The maximum Gasteiger partial charge on any atom is 0.220 e. The van der Waals surface area contributed by atoms with Gasteiger partial charge in [-0.2, -0.15) is 0 Å². The molecular weight excluding hydrogens is 530 g/mol. The Hall–Kier alpha value is -2.70.